The monoisotopic (exact) mass is 318 g/mol. The molecule has 0 N–H and O–H groups in total. The maximum absolute atomic E-state index is 13.4. The van der Waals surface area contributed by atoms with Gasteiger partial charge in [-0.25, -0.2) is 8.78 Å². The molecule has 1 fully saturated rings. The van der Waals surface area contributed by atoms with Crippen LogP contribution in [0.4, 0.5) is 8.78 Å². The topological polar surface area (TPSA) is 44.2 Å². The van der Waals surface area contributed by atoms with E-state index in [1.54, 1.807) is 0 Å². The van der Waals surface area contributed by atoms with Crippen molar-refractivity contribution in [1.29, 1.82) is 0 Å². The molecule has 0 radical (unpaired) electrons. The van der Waals surface area contributed by atoms with E-state index in [0.717, 1.165) is 6.07 Å². The van der Waals surface area contributed by atoms with Crippen molar-refractivity contribution in [1.82, 2.24) is 9.97 Å². The zero-order valence-corrected chi connectivity index (χ0v) is 13.4. The fourth-order valence-electron chi connectivity index (χ4n) is 2.30. The quantitative estimate of drug-likeness (QED) is 0.799. The van der Waals surface area contributed by atoms with Crippen molar-refractivity contribution in [3.8, 4) is 11.3 Å². The molecule has 7 heteroatoms. The molecule has 1 aliphatic heterocycles. The van der Waals surface area contributed by atoms with Gasteiger partial charge in [0.1, 0.15) is 11.6 Å². The van der Waals surface area contributed by atoms with Crippen LogP contribution in [0.1, 0.15) is 27.7 Å². The highest BCUT2D eigenvalue weighted by molar-refractivity contribution is 6.61. The van der Waals surface area contributed by atoms with Gasteiger partial charge in [0.25, 0.3) is 0 Å². The first kappa shape index (κ1) is 16.0. The maximum Gasteiger partial charge on any atom is 0.516 e. The van der Waals surface area contributed by atoms with Crippen molar-refractivity contribution < 1.29 is 18.1 Å². The third-order valence-corrected chi connectivity index (χ3v) is 4.31. The Morgan fingerprint density at radius 1 is 0.913 bits per heavy atom. The number of aromatic nitrogens is 2. The van der Waals surface area contributed by atoms with E-state index in [4.69, 9.17) is 9.31 Å². The molecule has 0 spiro atoms. The highest BCUT2D eigenvalue weighted by Gasteiger charge is 2.52. The molecule has 23 heavy (non-hydrogen) atoms. The van der Waals surface area contributed by atoms with Gasteiger partial charge in [-0.3, -0.25) is 9.97 Å². The van der Waals surface area contributed by atoms with E-state index < -0.39 is 30.0 Å². The average Bonchev–Trinajstić information content (AvgIpc) is 2.67. The smallest absolute Gasteiger partial charge is 0.398 e. The summed E-state index contributed by atoms with van der Waals surface area (Å²) in [7, 11) is -0.675. The van der Waals surface area contributed by atoms with E-state index in [1.807, 2.05) is 27.7 Å². The van der Waals surface area contributed by atoms with Gasteiger partial charge in [0.2, 0.25) is 0 Å². The Hall–Kier alpha value is -1.86. The first-order chi connectivity index (χ1) is 10.7. The number of hydrogen-bond donors (Lipinski definition) is 0. The lowest BCUT2D eigenvalue weighted by Crippen LogP contribution is -2.41. The summed E-state index contributed by atoms with van der Waals surface area (Å²) in [4.78, 5) is 8.49. The van der Waals surface area contributed by atoms with Gasteiger partial charge < -0.3 is 9.31 Å². The predicted molar refractivity (Wildman–Crippen MR) is 83.1 cm³/mol. The van der Waals surface area contributed by atoms with Crippen LogP contribution in [0.3, 0.4) is 0 Å². The molecule has 4 nitrogen and oxygen atoms in total. The fourth-order valence-corrected chi connectivity index (χ4v) is 2.30. The molecule has 3 rings (SSSR count). The van der Waals surface area contributed by atoms with Crippen LogP contribution in [0.2, 0.25) is 0 Å². The van der Waals surface area contributed by atoms with Gasteiger partial charge in [0.15, 0.2) is 0 Å². The molecule has 1 aliphatic rings. The highest BCUT2D eigenvalue weighted by atomic mass is 19.1. The van der Waals surface area contributed by atoms with Crippen molar-refractivity contribution in [2.75, 3.05) is 0 Å². The molecule has 0 atom stereocenters. The highest BCUT2D eigenvalue weighted by Crippen LogP contribution is 2.36. The van der Waals surface area contributed by atoms with Crippen LogP contribution in [-0.4, -0.2) is 28.3 Å². The molecule has 0 saturated carbocycles. The standard InChI is InChI=1S/C16H17BF2N2O2/c1-15(2)16(3,4)23-17(22-15)14-9-20-8-13(21-14)10-5-11(18)7-12(19)6-10/h5-9H,1-4H3. The second-order valence-electron chi connectivity index (χ2n) is 6.58. The summed E-state index contributed by atoms with van der Waals surface area (Å²) in [5.41, 5.74) is 0.135. The molecule has 1 saturated heterocycles. The van der Waals surface area contributed by atoms with Crippen LogP contribution in [0.15, 0.2) is 30.6 Å². The van der Waals surface area contributed by atoms with Gasteiger partial charge in [-0.1, -0.05) is 0 Å². The molecule has 2 heterocycles. The largest absolute Gasteiger partial charge is 0.516 e. The summed E-state index contributed by atoms with van der Waals surface area (Å²) in [6.45, 7) is 7.75. The number of benzene rings is 1. The Bertz CT molecular complexity index is 716. The van der Waals surface area contributed by atoms with Crippen LogP contribution in [0, 0.1) is 11.6 Å². The summed E-state index contributed by atoms with van der Waals surface area (Å²) in [5.74, 6) is -1.33. The Kier molecular flexibility index (Phi) is 3.73. The second kappa shape index (κ2) is 5.35. The molecular formula is C16H17BF2N2O2. The predicted octanol–water partition coefficient (Wildman–Crippen LogP) is 2.72. The Balaban J connectivity index is 1.95. The van der Waals surface area contributed by atoms with Gasteiger partial charge in [0, 0.05) is 17.8 Å². The summed E-state index contributed by atoms with van der Waals surface area (Å²) < 4.78 is 38.6. The average molecular weight is 318 g/mol. The number of halogens is 2. The number of hydrogen-bond acceptors (Lipinski definition) is 4. The minimum absolute atomic E-state index is 0.313. The minimum Gasteiger partial charge on any atom is -0.398 e. The van der Waals surface area contributed by atoms with Crippen molar-refractivity contribution in [2.24, 2.45) is 0 Å². The van der Waals surface area contributed by atoms with Crippen LogP contribution in [-0.2, 0) is 9.31 Å². The van der Waals surface area contributed by atoms with Crippen molar-refractivity contribution in [3.63, 3.8) is 0 Å². The summed E-state index contributed by atoms with van der Waals surface area (Å²) in [6.07, 6.45) is 2.98. The zero-order chi connectivity index (χ0) is 16.8. The molecular weight excluding hydrogens is 301 g/mol. The molecule has 0 aliphatic carbocycles. The van der Waals surface area contributed by atoms with Gasteiger partial charge in [-0.2, -0.15) is 0 Å². The first-order valence-corrected chi connectivity index (χ1v) is 7.32. The van der Waals surface area contributed by atoms with Crippen molar-refractivity contribution in [3.05, 3.63) is 42.2 Å². The van der Waals surface area contributed by atoms with Gasteiger partial charge in [0.05, 0.1) is 28.7 Å². The normalized spacial score (nSPS) is 19.1. The van der Waals surface area contributed by atoms with Crippen molar-refractivity contribution in [2.45, 2.75) is 38.9 Å². The third kappa shape index (κ3) is 2.98. The summed E-state index contributed by atoms with van der Waals surface area (Å²) in [5, 5.41) is 0. The lowest BCUT2D eigenvalue weighted by Gasteiger charge is -2.32. The van der Waals surface area contributed by atoms with Gasteiger partial charge in [-0.15, -0.1) is 0 Å². The summed E-state index contributed by atoms with van der Waals surface area (Å²) >= 11 is 0. The molecule has 1 aromatic carbocycles. The molecule has 120 valence electrons. The zero-order valence-electron chi connectivity index (χ0n) is 13.4. The Morgan fingerprint density at radius 2 is 1.48 bits per heavy atom. The molecule has 0 unspecified atom stereocenters. The van der Waals surface area contributed by atoms with Crippen molar-refractivity contribution >= 4 is 12.7 Å². The van der Waals surface area contributed by atoms with E-state index in [0.29, 0.717) is 16.9 Å². The van der Waals surface area contributed by atoms with E-state index >= 15 is 0 Å². The Morgan fingerprint density at radius 3 is 2.04 bits per heavy atom. The second-order valence-corrected chi connectivity index (χ2v) is 6.58. The number of rotatable bonds is 2. The Labute approximate surface area is 134 Å². The fraction of sp³-hybridized carbons (Fsp3) is 0.375. The van der Waals surface area contributed by atoms with Crippen LogP contribution in [0.25, 0.3) is 11.3 Å². The molecule has 0 amide bonds. The lowest BCUT2D eigenvalue weighted by molar-refractivity contribution is 0.00578. The number of nitrogens with zero attached hydrogens (tertiary/aromatic N) is 2. The maximum atomic E-state index is 13.4. The van der Waals surface area contributed by atoms with Crippen LogP contribution in [0.5, 0.6) is 0 Å². The lowest BCUT2D eigenvalue weighted by atomic mass is 9.85. The van der Waals surface area contributed by atoms with E-state index in [-0.39, 0.29) is 0 Å². The van der Waals surface area contributed by atoms with Crippen LogP contribution < -0.4 is 5.59 Å². The third-order valence-electron chi connectivity index (χ3n) is 4.31. The van der Waals surface area contributed by atoms with E-state index in [9.17, 15) is 8.78 Å². The molecule has 2 aromatic rings. The van der Waals surface area contributed by atoms with Gasteiger partial charge >= 0.3 is 7.12 Å². The van der Waals surface area contributed by atoms with E-state index in [2.05, 4.69) is 9.97 Å². The SMILES string of the molecule is CC1(C)OB(c2cncc(-c3cc(F)cc(F)c3)n2)OC1(C)C. The van der Waals surface area contributed by atoms with Crippen LogP contribution >= 0.6 is 0 Å². The minimum atomic E-state index is -0.675. The van der Waals surface area contributed by atoms with E-state index in [1.165, 1.54) is 24.5 Å². The van der Waals surface area contributed by atoms with Gasteiger partial charge in [-0.05, 0) is 39.8 Å². The first-order valence-electron chi connectivity index (χ1n) is 7.32. The molecule has 0 bridgehead atoms. The summed E-state index contributed by atoms with van der Waals surface area (Å²) in [6, 6.07) is 3.23. The molecule has 1 aromatic heterocycles.